The van der Waals surface area contributed by atoms with Crippen LogP contribution in [-0.2, 0) is 5.41 Å². The van der Waals surface area contributed by atoms with E-state index in [2.05, 4.69) is 18.7 Å². The van der Waals surface area contributed by atoms with Crippen molar-refractivity contribution in [3.05, 3.63) is 29.3 Å². The lowest BCUT2D eigenvalue weighted by atomic mass is 9.56. The quantitative estimate of drug-likeness (QED) is 0.930. The van der Waals surface area contributed by atoms with Gasteiger partial charge in [0.15, 0.2) is 5.78 Å². The van der Waals surface area contributed by atoms with Gasteiger partial charge in [0.05, 0.1) is 6.04 Å². The van der Waals surface area contributed by atoms with Gasteiger partial charge in [-0.05, 0) is 67.8 Å². The van der Waals surface area contributed by atoms with Crippen LogP contribution in [0, 0.1) is 11.8 Å². The first-order chi connectivity index (χ1) is 10.6. The Morgan fingerprint density at radius 1 is 1.36 bits per heavy atom. The summed E-state index contributed by atoms with van der Waals surface area (Å²) in [5.74, 6) is 1.69. The molecule has 1 N–H and O–H groups in total. The van der Waals surface area contributed by atoms with Crippen molar-refractivity contribution in [2.45, 2.75) is 51.0 Å². The van der Waals surface area contributed by atoms with E-state index in [-0.39, 0.29) is 23.0 Å². The second-order valence-electron chi connectivity index (χ2n) is 7.53. The topological polar surface area (TPSA) is 40.5 Å². The maximum Gasteiger partial charge on any atom is 0.180 e. The molecule has 2 fully saturated rings. The number of Topliss-reactive ketones (excluding diaryl/α,β-unsaturated/α-hetero) is 1. The molecule has 0 amide bonds. The molecule has 1 saturated heterocycles. The molecule has 2 bridgehead atoms. The fourth-order valence-corrected chi connectivity index (χ4v) is 4.95. The second kappa shape index (κ2) is 4.82. The number of benzene rings is 1. The van der Waals surface area contributed by atoms with E-state index in [1.54, 1.807) is 6.07 Å². The largest absolute Gasteiger partial charge is 0.508 e. The summed E-state index contributed by atoms with van der Waals surface area (Å²) in [6.07, 6.45) is 4.79. The van der Waals surface area contributed by atoms with Gasteiger partial charge < -0.3 is 5.11 Å². The molecule has 22 heavy (non-hydrogen) atoms. The number of piperidine rings is 1. The number of hydrogen-bond acceptors (Lipinski definition) is 3. The smallest absolute Gasteiger partial charge is 0.180 e. The number of hydrogen-bond donors (Lipinski definition) is 1. The third-order valence-corrected chi connectivity index (χ3v) is 6.48. The fraction of sp³-hybridized carbons (Fsp3) is 0.632. The first-order valence-electron chi connectivity index (χ1n) is 8.68. The molecule has 1 aromatic carbocycles. The minimum atomic E-state index is 0.0337. The van der Waals surface area contributed by atoms with Gasteiger partial charge in [-0.2, -0.15) is 0 Å². The van der Waals surface area contributed by atoms with Gasteiger partial charge >= 0.3 is 0 Å². The number of aromatic hydroxyl groups is 1. The van der Waals surface area contributed by atoms with Crippen LogP contribution in [-0.4, -0.2) is 34.9 Å². The maximum absolute atomic E-state index is 13.1. The Kier molecular flexibility index (Phi) is 3.12. The van der Waals surface area contributed by atoms with Crippen LogP contribution in [0.15, 0.2) is 18.2 Å². The Morgan fingerprint density at radius 2 is 2.14 bits per heavy atom. The van der Waals surface area contributed by atoms with Crippen LogP contribution >= 0.6 is 0 Å². The van der Waals surface area contributed by atoms with E-state index in [1.807, 2.05) is 12.1 Å². The van der Waals surface area contributed by atoms with E-state index in [1.165, 1.54) is 12.8 Å². The molecule has 3 nitrogen and oxygen atoms in total. The molecule has 118 valence electrons. The lowest BCUT2D eigenvalue weighted by molar-refractivity contribution is 0.0196. The maximum atomic E-state index is 13.1. The summed E-state index contributed by atoms with van der Waals surface area (Å²) in [6.45, 7) is 6.58. The molecule has 3 heteroatoms. The lowest BCUT2D eigenvalue weighted by Gasteiger charge is -2.55. The van der Waals surface area contributed by atoms with Gasteiger partial charge in [-0.3, -0.25) is 9.69 Å². The molecule has 1 aromatic rings. The molecule has 0 unspecified atom stereocenters. The van der Waals surface area contributed by atoms with Crippen LogP contribution < -0.4 is 0 Å². The zero-order valence-corrected chi connectivity index (χ0v) is 13.5. The molecular weight excluding hydrogens is 274 g/mol. The molecule has 0 radical (unpaired) electrons. The normalized spacial score (nSPS) is 34.5. The van der Waals surface area contributed by atoms with E-state index >= 15 is 0 Å². The zero-order valence-electron chi connectivity index (χ0n) is 13.5. The van der Waals surface area contributed by atoms with E-state index < -0.39 is 0 Å². The van der Waals surface area contributed by atoms with Gasteiger partial charge in [0, 0.05) is 17.5 Å². The molecule has 2 aliphatic carbocycles. The molecule has 1 aliphatic heterocycles. The molecule has 0 spiro atoms. The van der Waals surface area contributed by atoms with Crippen LogP contribution in [0.3, 0.4) is 0 Å². The number of fused-ring (bicyclic) bond motifs is 4. The Hall–Kier alpha value is -1.35. The monoisotopic (exact) mass is 299 g/mol. The SMILES string of the molecule is CC[C@]12CCN(CC3CC3)[C@H](C(=O)c3ccc(O)cc31)[C@@H]2C. The minimum Gasteiger partial charge on any atom is -0.508 e. The second-order valence-corrected chi connectivity index (χ2v) is 7.53. The Morgan fingerprint density at radius 3 is 2.82 bits per heavy atom. The highest BCUT2D eigenvalue weighted by Crippen LogP contribution is 2.51. The van der Waals surface area contributed by atoms with Crippen LogP contribution in [0.2, 0.25) is 0 Å². The number of carbonyl (C=O) groups excluding carboxylic acids is 1. The minimum absolute atomic E-state index is 0.0337. The van der Waals surface area contributed by atoms with Crippen molar-refractivity contribution in [1.82, 2.24) is 4.90 Å². The van der Waals surface area contributed by atoms with E-state index in [0.717, 1.165) is 43.0 Å². The zero-order chi connectivity index (χ0) is 15.5. The summed E-state index contributed by atoms with van der Waals surface area (Å²) in [7, 11) is 0. The van der Waals surface area contributed by atoms with E-state index in [9.17, 15) is 9.90 Å². The average molecular weight is 299 g/mol. The number of ketones is 1. The molecular formula is C19H25NO2. The van der Waals surface area contributed by atoms with E-state index in [0.29, 0.717) is 5.92 Å². The third kappa shape index (κ3) is 1.88. The summed E-state index contributed by atoms with van der Waals surface area (Å²) in [6, 6.07) is 5.39. The van der Waals surface area contributed by atoms with Crippen LogP contribution in [0.4, 0.5) is 0 Å². The highest BCUT2D eigenvalue weighted by Gasteiger charge is 2.54. The van der Waals surface area contributed by atoms with Crippen molar-refractivity contribution in [3.8, 4) is 5.75 Å². The standard InChI is InChI=1S/C19H25NO2/c1-3-19-8-9-20(11-13-4-5-13)17(12(19)2)18(22)15-7-6-14(21)10-16(15)19/h6-7,10,12-13,17,21H,3-5,8-9,11H2,1-2H3/t12-,17-,19+/m0/s1. The first kappa shape index (κ1) is 14.3. The van der Waals surface area contributed by atoms with Crippen molar-refractivity contribution < 1.29 is 9.90 Å². The van der Waals surface area contributed by atoms with Crippen LogP contribution in [0.1, 0.15) is 55.5 Å². The van der Waals surface area contributed by atoms with Crippen LogP contribution in [0.5, 0.6) is 5.75 Å². The average Bonchev–Trinajstić information content (AvgIpc) is 3.30. The molecule has 0 aromatic heterocycles. The number of nitrogens with zero attached hydrogens (tertiary/aromatic N) is 1. The Bertz CT molecular complexity index is 622. The van der Waals surface area contributed by atoms with Gasteiger partial charge in [-0.25, -0.2) is 0 Å². The number of rotatable bonds is 3. The van der Waals surface area contributed by atoms with Crippen molar-refractivity contribution in [2.75, 3.05) is 13.1 Å². The van der Waals surface area contributed by atoms with Crippen molar-refractivity contribution in [1.29, 1.82) is 0 Å². The van der Waals surface area contributed by atoms with Gasteiger partial charge in [0.25, 0.3) is 0 Å². The summed E-state index contributed by atoms with van der Waals surface area (Å²) in [4.78, 5) is 15.5. The molecule has 1 heterocycles. The summed E-state index contributed by atoms with van der Waals surface area (Å²) in [5, 5.41) is 9.93. The fourth-order valence-electron chi connectivity index (χ4n) is 4.95. The number of carbonyl (C=O) groups is 1. The predicted molar refractivity (Wildman–Crippen MR) is 86.3 cm³/mol. The van der Waals surface area contributed by atoms with Gasteiger partial charge in [0.2, 0.25) is 0 Å². The molecule has 3 atom stereocenters. The van der Waals surface area contributed by atoms with Crippen molar-refractivity contribution >= 4 is 5.78 Å². The Balaban J connectivity index is 1.81. The number of phenolic OH excluding ortho intramolecular Hbond substituents is 1. The highest BCUT2D eigenvalue weighted by molar-refractivity contribution is 6.03. The van der Waals surface area contributed by atoms with Crippen molar-refractivity contribution in [3.63, 3.8) is 0 Å². The predicted octanol–water partition coefficient (Wildman–Crippen LogP) is 3.36. The number of phenols is 1. The summed E-state index contributed by atoms with van der Waals surface area (Å²) >= 11 is 0. The molecule has 4 rings (SSSR count). The third-order valence-electron chi connectivity index (χ3n) is 6.48. The Labute approximate surface area is 132 Å². The van der Waals surface area contributed by atoms with Gasteiger partial charge in [0.1, 0.15) is 5.75 Å². The summed E-state index contributed by atoms with van der Waals surface area (Å²) < 4.78 is 0. The van der Waals surface area contributed by atoms with E-state index in [4.69, 9.17) is 0 Å². The number of likely N-dealkylation sites (tertiary alicyclic amines) is 1. The van der Waals surface area contributed by atoms with Gasteiger partial charge in [-0.15, -0.1) is 0 Å². The summed E-state index contributed by atoms with van der Waals surface area (Å²) in [5.41, 5.74) is 1.99. The first-order valence-corrected chi connectivity index (χ1v) is 8.68. The van der Waals surface area contributed by atoms with Gasteiger partial charge in [-0.1, -0.05) is 13.8 Å². The molecule has 1 saturated carbocycles. The van der Waals surface area contributed by atoms with Crippen molar-refractivity contribution in [2.24, 2.45) is 11.8 Å². The molecule has 3 aliphatic rings. The van der Waals surface area contributed by atoms with Crippen LogP contribution in [0.25, 0.3) is 0 Å². The highest BCUT2D eigenvalue weighted by atomic mass is 16.3. The lowest BCUT2D eigenvalue weighted by Crippen LogP contribution is -2.61.